The molecule has 4 aromatic rings. The number of nitrogens with zero attached hydrogens (tertiary/aromatic N) is 2. The lowest BCUT2D eigenvalue weighted by atomic mass is 10.2. The molecule has 0 spiro atoms. The molecule has 0 saturated carbocycles. The van der Waals surface area contributed by atoms with Gasteiger partial charge in [-0.05, 0) is 29.6 Å². The van der Waals surface area contributed by atoms with Crippen LogP contribution in [0.1, 0.15) is 21.5 Å². The highest BCUT2D eigenvalue weighted by Gasteiger charge is 2.14. The Bertz CT molecular complexity index is 1170. The second-order valence-electron chi connectivity index (χ2n) is 6.23. The number of Topliss-reactive ketones (excluding diaryl/α,β-unsaturated/α-hetero) is 1. The third-order valence-electron chi connectivity index (χ3n) is 4.10. The van der Waals surface area contributed by atoms with Gasteiger partial charge in [-0.15, -0.1) is 22.7 Å². The predicted molar refractivity (Wildman–Crippen MR) is 120 cm³/mol. The average Bonchev–Trinajstić information content (AvgIpc) is 3.42. The number of nitrogens with one attached hydrogen (secondary N) is 1. The monoisotopic (exact) mass is 439 g/mol. The van der Waals surface area contributed by atoms with Crippen LogP contribution in [0.15, 0.2) is 58.9 Å². The van der Waals surface area contributed by atoms with Crippen LogP contribution in [0.25, 0.3) is 21.6 Å². The average molecular weight is 440 g/mol. The van der Waals surface area contributed by atoms with Gasteiger partial charge in [-0.1, -0.05) is 36.0 Å². The van der Waals surface area contributed by atoms with Crippen molar-refractivity contribution in [3.63, 3.8) is 0 Å². The van der Waals surface area contributed by atoms with E-state index in [4.69, 9.17) is 4.98 Å². The van der Waals surface area contributed by atoms with Crippen molar-refractivity contribution in [2.45, 2.75) is 18.5 Å². The number of rotatable bonds is 7. The number of thioether (sulfide) groups is 1. The first-order chi connectivity index (χ1) is 14.1. The number of amides is 1. The molecule has 0 radical (unpaired) electrons. The van der Waals surface area contributed by atoms with E-state index < -0.39 is 0 Å². The van der Waals surface area contributed by atoms with Gasteiger partial charge < -0.3 is 5.32 Å². The Hall–Kier alpha value is -2.55. The maximum Gasteiger partial charge on any atom is 0.217 e. The van der Waals surface area contributed by atoms with Crippen molar-refractivity contribution in [1.29, 1.82) is 0 Å². The molecule has 1 N–H and O–H groups in total. The highest BCUT2D eigenvalue weighted by Crippen LogP contribution is 2.30. The number of hydrogen-bond donors (Lipinski definition) is 1. The maximum absolute atomic E-state index is 12.7. The topological polar surface area (TPSA) is 72.0 Å². The van der Waals surface area contributed by atoms with Crippen molar-refractivity contribution in [2.75, 3.05) is 5.75 Å². The number of aromatic nitrogens is 2. The summed E-state index contributed by atoms with van der Waals surface area (Å²) in [4.78, 5) is 35.8. The second-order valence-corrected chi connectivity index (χ2v) is 9.31. The Morgan fingerprint density at radius 1 is 1.07 bits per heavy atom. The molecule has 0 unspecified atom stereocenters. The van der Waals surface area contributed by atoms with Gasteiger partial charge in [0.2, 0.25) is 5.91 Å². The Morgan fingerprint density at radius 2 is 1.93 bits per heavy atom. The Morgan fingerprint density at radius 3 is 2.72 bits per heavy atom. The van der Waals surface area contributed by atoms with Gasteiger partial charge in [-0.25, -0.2) is 9.97 Å². The number of thiophene rings is 2. The van der Waals surface area contributed by atoms with Crippen LogP contribution in [-0.4, -0.2) is 27.4 Å². The summed E-state index contributed by atoms with van der Waals surface area (Å²) in [7, 11) is 0. The van der Waals surface area contributed by atoms with Crippen molar-refractivity contribution in [3.8, 4) is 10.7 Å². The Kier molecular flexibility index (Phi) is 6.03. The normalized spacial score (nSPS) is 10.9. The van der Waals surface area contributed by atoms with E-state index >= 15 is 0 Å². The summed E-state index contributed by atoms with van der Waals surface area (Å²) in [6, 6.07) is 15.5. The van der Waals surface area contributed by atoms with Crippen LogP contribution in [0.5, 0.6) is 0 Å². The number of fused-ring (bicyclic) bond motifs is 1. The second kappa shape index (κ2) is 8.86. The minimum Gasteiger partial charge on any atom is -0.351 e. The summed E-state index contributed by atoms with van der Waals surface area (Å²) >= 11 is 4.44. The lowest BCUT2D eigenvalue weighted by Gasteiger charge is -2.07. The predicted octanol–water partition coefficient (Wildman–Crippen LogP) is 5.03. The lowest BCUT2D eigenvalue weighted by molar-refractivity contribution is -0.119. The van der Waals surface area contributed by atoms with Crippen LogP contribution in [0, 0.1) is 0 Å². The number of carbonyl (C=O) groups is 2. The molecule has 3 heterocycles. The first-order valence-corrected chi connectivity index (χ1v) is 11.6. The molecule has 0 fully saturated rings. The Labute approximate surface area is 180 Å². The van der Waals surface area contributed by atoms with Crippen LogP contribution in [-0.2, 0) is 11.3 Å². The fourth-order valence-corrected chi connectivity index (χ4v) is 5.25. The fraction of sp³-hybridized carbons (Fsp3) is 0.143. The van der Waals surface area contributed by atoms with Crippen molar-refractivity contribution < 1.29 is 9.59 Å². The molecule has 0 bridgehead atoms. The molecular weight excluding hydrogens is 422 g/mol. The van der Waals surface area contributed by atoms with E-state index in [1.54, 1.807) is 11.3 Å². The zero-order valence-corrected chi connectivity index (χ0v) is 18.0. The number of benzene rings is 1. The van der Waals surface area contributed by atoms with E-state index in [0.29, 0.717) is 23.0 Å². The summed E-state index contributed by atoms with van der Waals surface area (Å²) in [5.74, 6) is 0.946. The SMILES string of the molecule is CC(=O)NCc1ccc(C(=O)CSc2nc(-c3cccs3)nc3ccccc23)s1. The molecule has 1 aromatic carbocycles. The van der Waals surface area contributed by atoms with Crippen molar-refractivity contribution >= 4 is 57.0 Å². The molecule has 1 amide bonds. The minimum absolute atomic E-state index is 0.0504. The number of ketones is 1. The van der Waals surface area contributed by atoms with E-state index in [1.165, 1.54) is 30.0 Å². The van der Waals surface area contributed by atoms with E-state index in [9.17, 15) is 9.59 Å². The van der Waals surface area contributed by atoms with E-state index in [0.717, 1.165) is 25.7 Å². The lowest BCUT2D eigenvalue weighted by Crippen LogP contribution is -2.18. The summed E-state index contributed by atoms with van der Waals surface area (Å²) in [6.07, 6.45) is 0. The smallest absolute Gasteiger partial charge is 0.217 e. The van der Waals surface area contributed by atoms with Crippen LogP contribution in [0.2, 0.25) is 0 Å². The standard InChI is InChI=1S/C21H17N3O2S3/c1-13(25)22-11-14-8-9-18(29-14)17(26)12-28-21-15-5-2-3-6-16(15)23-20(24-21)19-7-4-10-27-19/h2-10H,11-12H2,1H3,(H,22,25). The van der Waals surface area contributed by atoms with Crippen LogP contribution in [0.3, 0.4) is 0 Å². The third kappa shape index (κ3) is 4.72. The van der Waals surface area contributed by atoms with Gasteiger partial charge in [0.15, 0.2) is 11.6 Å². The van der Waals surface area contributed by atoms with E-state index in [1.807, 2.05) is 53.9 Å². The van der Waals surface area contributed by atoms with E-state index in [2.05, 4.69) is 10.3 Å². The van der Waals surface area contributed by atoms with E-state index in [-0.39, 0.29) is 11.7 Å². The first-order valence-electron chi connectivity index (χ1n) is 8.90. The summed E-state index contributed by atoms with van der Waals surface area (Å²) in [5, 5.41) is 6.51. The quantitative estimate of drug-likeness (QED) is 0.248. The highest BCUT2D eigenvalue weighted by molar-refractivity contribution is 8.00. The van der Waals surface area contributed by atoms with Crippen molar-refractivity contribution in [3.05, 3.63) is 63.7 Å². The van der Waals surface area contributed by atoms with Gasteiger partial charge in [0, 0.05) is 17.2 Å². The number of para-hydroxylation sites is 1. The summed E-state index contributed by atoms with van der Waals surface area (Å²) < 4.78 is 0. The molecule has 0 saturated heterocycles. The van der Waals surface area contributed by atoms with Gasteiger partial charge in [0.1, 0.15) is 5.03 Å². The molecule has 8 heteroatoms. The highest BCUT2D eigenvalue weighted by atomic mass is 32.2. The zero-order chi connectivity index (χ0) is 20.2. The van der Waals surface area contributed by atoms with Gasteiger partial charge in [0.05, 0.1) is 27.6 Å². The molecular formula is C21H17N3O2S3. The van der Waals surface area contributed by atoms with Gasteiger partial charge in [-0.3, -0.25) is 9.59 Å². The van der Waals surface area contributed by atoms with Gasteiger partial charge in [0.25, 0.3) is 0 Å². The third-order valence-corrected chi connectivity index (χ3v) is 7.08. The minimum atomic E-state index is -0.0842. The fourth-order valence-electron chi connectivity index (χ4n) is 2.71. The van der Waals surface area contributed by atoms with Crippen LogP contribution < -0.4 is 5.32 Å². The molecule has 0 aliphatic heterocycles. The first kappa shape index (κ1) is 19.8. The Balaban J connectivity index is 1.53. The summed E-state index contributed by atoms with van der Waals surface area (Å²) in [5.41, 5.74) is 0.870. The van der Waals surface area contributed by atoms with Crippen molar-refractivity contribution in [1.82, 2.24) is 15.3 Å². The molecule has 0 aliphatic carbocycles. The molecule has 146 valence electrons. The maximum atomic E-state index is 12.7. The molecule has 0 atom stereocenters. The molecule has 3 aromatic heterocycles. The molecule has 0 aliphatic rings. The van der Waals surface area contributed by atoms with Gasteiger partial charge in [-0.2, -0.15) is 0 Å². The van der Waals surface area contributed by atoms with Gasteiger partial charge >= 0.3 is 0 Å². The van der Waals surface area contributed by atoms with Crippen LogP contribution >= 0.6 is 34.4 Å². The number of hydrogen-bond acceptors (Lipinski definition) is 7. The van der Waals surface area contributed by atoms with Crippen LogP contribution in [0.4, 0.5) is 0 Å². The number of carbonyl (C=O) groups excluding carboxylic acids is 2. The zero-order valence-electron chi connectivity index (χ0n) is 15.5. The molecule has 29 heavy (non-hydrogen) atoms. The summed E-state index contributed by atoms with van der Waals surface area (Å²) in [6.45, 7) is 1.92. The largest absolute Gasteiger partial charge is 0.351 e. The van der Waals surface area contributed by atoms with Crippen molar-refractivity contribution in [2.24, 2.45) is 0 Å². The molecule has 5 nitrogen and oxygen atoms in total. The molecule has 4 rings (SSSR count).